The van der Waals surface area contributed by atoms with E-state index in [9.17, 15) is 0 Å². The van der Waals surface area contributed by atoms with Crippen LogP contribution in [0.2, 0.25) is 0 Å². The Hall–Kier alpha value is -1.50. The molecule has 0 unspecified atom stereocenters. The second kappa shape index (κ2) is 6.60. The Bertz CT molecular complexity index is 605. The van der Waals surface area contributed by atoms with Crippen molar-refractivity contribution in [3.05, 3.63) is 63.6 Å². The second-order valence-electron chi connectivity index (χ2n) is 4.00. The number of hydrogen-bond acceptors (Lipinski definition) is 2. The number of rotatable bonds is 4. The van der Waals surface area contributed by atoms with E-state index < -0.39 is 0 Å². The highest BCUT2D eigenvalue weighted by atomic mass is 79.9. The molecule has 0 amide bonds. The van der Waals surface area contributed by atoms with Crippen molar-refractivity contribution in [1.82, 2.24) is 0 Å². The Labute approximate surface area is 125 Å². The molecule has 0 radical (unpaired) electrons. The molecule has 0 fully saturated rings. The fourth-order valence-corrected chi connectivity index (χ4v) is 2.29. The van der Waals surface area contributed by atoms with Gasteiger partial charge >= 0.3 is 0 Å². The van der Waals surface area contributed by atoms with Crippen LogP contribution in [-0.2, 0) is 12.5 Å². The Kier molecular flexibility index (Phi) is 4.84. The van der Waals surface area contributed by atoms with Crippen molar-refractivity contribution in [2.75, 3.05) is 0 Å². The topological polar surface area (TPSA) is 33.0 Å². The molecule has 0 aliphatic heterocycles. The van der Waals surface area contributed by atoms with E-state index in [2.05, 4.69) is 22.0 Å². The standard InChI is InChI=1S/C15H11BrClNO/c16-14-7-13(8-17)5-6-15(14)19-10-12-3-1-11(9-18)2-4-12/h1-7H,8,10H2. The van der Waals surface area contributed by atoms with Gasteiger partial charge in [-0.25, -0.2) is 0 Å². The SMILES string of the molecule is N#Cc1ccc(COc2ccc(CCl)cc2Br)cc1. The summed E-state index contributed by atoms with van der Waals surface area (Å²) in [7, 11) is 0. The molecule has 0 aliphatic carbocycles. The van der Waals surface area contributed by atoms with Crippen LogP contribution in [0.1, 0.15) is 16.7 Å². The summed E-state index contributed by atoms with van der Waals surface area (Å²) in [6.07, 6.45) is 0. The van der Waals surface area contributed by atoms with Crippen LogP contribution in [0.4, 0.5) is 0 Å². The molecule has 0 heterocycles. The fraction of sp³-hybridized carbons (Fsp3) is 0.133. The molecule has 0 aromatic heterocycles. The van der Waals surface area contributed by atoms with Crippen molar-refractivity contribution in [1.29, 1.82) is 5.26 Å². The first-order valence-corrected chi connectivity index (χ1v) is 7.02. The molecule has 0 bridgehead atoms. The Balaban J connectivity index is 2.04. The van der Waals surface area contributed by atoms with Gasteiger partial charge in [0.15, 0.2) is 0 Å². The lowest BCUT2D eigenvalue weighted by molar-refractivity contribution is 0.304. The molecule has 4 heteroatoms. The molecule has 96 valence electrons. The van der Waals surface area contributed by atoms with Gasteiger partial charge in [-0.1, -0.05) is 18.2 Å². The molecule has 0 N–H and O–H groups in total. The van der Waals surface area contributed by atoms with E-state index in [0.29, 0.717) is 18.1 Å². The molecule has 0 atom stereocenters. The van der Waals surface area contributed by atoms with Gasteiger partial charge in [0.05, 0.1) is 16.1 Å². The molecule has 2 aromatic rings. The van der Waals surface area contributed by atoms with Gasteiger partial charge in [-0.15, -0.1) is 11.6 Å². The monoisotopic (exact) mass is 335 g/mol. The van der Waals surface area contributed by atoms with Crippen molar-refractivity contribution in [3.63, 3.8) is 0 Å². The fourth-order valence-electron chi connectivity index (χ4n) is 1.58. The van der Waals surface area contributed by atoms with Crippen LogP contribution >= 0.6 is 27.5 Å². The zero-order chi connectivity index (χ0) is 13.7. The van der Waals surface area contributed by atoms with Gasteiger partial charge in [-0.3, -0.25) is 0 Å². The highest BCUT2D eigenvalue weighted by molar-refractivity contribution is 9.10. The van der Waals surface area contributed by atoms with Crippen LogP contribution in [-0.4, -0.2) is 0 Å². The number of alkyl halides is 1. The van der Waals surface area contributed by atoms with Crippen molar-refractivity contribution in [2.24, 2.45) is 0 Å². The van der Waals surface area contributed by atoms with Gasteiger partial charge in [0.2, 0.25) is 0 Å². The average Bonchev–Trinajstić information content (AvgIpc) is 2.46. The minimum absolute atomic E-state index is 0.463. The smallest absolute Gasteiger partial charge is 0.134 e. The third-order valence-corrected chi connectivity index (χ3v) is 3.56. The highest BCUT2D eigenvalue weighted by Gasteiger charge is 2.03. The number of nitriles is 1. The van der Waals surface area contributed by atoms with E-state index >= 15 is 0 Å². The number of halogens is 2. The molecule has 2 aromatic carbocycles. The first-order chi connectivity index (χ1) is 9.22. The van der Waals surface area contributed by atoms with E-state index in [1.165, 1.54) is 0 Å². The minimum atomic E-state index is 0.463. The lowest BCUT2D eigenvalue weighted by Crippen LogP contribution is -1.96. The van der Waals surface area contributed by atoms with Crippen molar-refractivity contribution in [2.45, 2.75) is 12.5 Å². The minimum Gasteiger partial charge on any atom is -0.488 e. The summed E-state index contributed by atoms with van der Waals surface area (Å²) in [5.41, 5.74) is 2.71. The van der Waals surface area contributed by atoms with Gasteiger partial charge < -0.3 is 4.74 Å². The Morgan fingerprint density at radius 1 is 1.11 bits per heavy atom. The third-order valence-electron chi connectivity index (χ3n) is 2.63. The summed E-state index contributed by atoms with van der Waals surface area (Å²) in [5, 5.41) is 8.72. The summed E-state index contributed by atoms with van der Waals surface area (Å²) in [6, 6.07) is 15.2. The summed E-state index contributed by atoms with van der Waals surface area (Å²) in [4.78, 5) is 0. The van der Waals surface area contributed by atoms with E-state index in [4.69, 9.17) is 21.6 Å². The van der Waals surface area contributed by atoms with Crippen molar-refractivity contribution >= 4 is 27.5 Å². The molecular formula is C15H11BrClNO. The first-order valence-electron chi connectivity index (χ1n) is 5.69. The number of benzene rings is 2. The summed E-state index contributed by atoms with van der Waals surface area (Å²) in [5.74, 6) is 1.26. The van der Waals surface area contributed by atoms with Crippen LogP contribution in [0.5, 0.6) is 5.75 Å². The summed E-state index contributed by atoms with van der Waals surface area (Å²) in [6.45, 7) is 0.463. The van der Waals surface area contributed by atoms with Gasteiger partial charge in [-0.2, -0.15) is 5.26 Å². The predicted molar refractivity (Wildman–Crippen MR) is 79.2 cm³/mol. The van der Waals surface area contributed by atoms with E-state index in [0.717, 1.165) is 21.3 Å². The Morgan fingerprint density at radius 3 is 2.37 bits per heavy atom. The van der Waals surface area contributed by atoms with E-state index in [1.807, 2.05) is 30.3 Å². The van der Waals surface area contributed by atoms with Crippen LogP contribution in [0, 0.1) is 11.3 Å². The first kappa shape index (κ1) is 13.9. The highest BCUT2D eigenvalue weighted by Crippen LogP contribution is 2.27. The Morgan fingerprint density at radius 2 is 1.79 bits per heavy atom. The van der Waals surface area contributed by atoms with Crippen LogP contribution in [0.15, 0.2) is 46.9 Å². The lowest BCUT2D eigenvalue weighted by atomic mass is 10.1. The van der Waals surface area contributed by atoms with Crippen LogP contribution in [0.25, 0.3) is 0 Å². The van der Waals surface area contributed by atoms with E-state index in [1.54, 1.807) is 12.1 Å². The predicted octanol–water partition coefficient (Wildman–Crippen LogP) is 4.64. The van der Waals surface area contributed by atoms with Gasteiger partial charge in [0, 0.05) is 5.88 Å². The zero-order valence-electron chi connectivity index (χ0n) is 10.1. The van der Waals surface area contributed by atoms with Crippen LogP contribution < -0.4 is 4.74 Å². The molecule has 0 spiro atoms. The van der Waals surface area contributed by atoms with Gasteiger partial charge in [0.1, 0.15) is 12.4 Å². The summed E-state index contributed by atoms with van der Waals surface area (Å²) >= 11 is 9.22. The molecule has 0 saturated carbocycles. The third kappa shape index (κ3) is 3.73. The van der Waals surface area contributed by atoms with Crippen molar-refractivity contribution < 1.29 is 4.74 Å². The van der Waals surface area contributed by atoms with Crippen LogP contribution in [0.3, 0.4) is 0 Å². The van der Waals surface area contributed by atoms with E-state index in [-0.39, 0.29) is 0 Å². The maximum Gasteiger partial charge on any atom is 0.134 e. The molecule has 2 nitrogen and oxygen atoms in total. The quantitative estimate of drug-likeness (QED) is 0.762. The number of nitrogens with zero attached hydrogens (tertiary/aromatic N) is 1. The molecular weight excluding hydrogens is 326 g/mol. The summed E-state index contributed by atoms with van der Waals surface area (Å²) < 4.78 is 6.61. The molecule has 0 aliphatic rings. The van der Waals surface area contributed by atoms with Crippen molar-refractivity contribution in [3.8, 4) is 11.8 Å². The number of hydrogen-bond donors (Lipinski definition) is 0. The maximum absolute atomic E-state index is 8.72. The molecule has 0 saturated heterocycles. The lowest BCUT2D eigenvalue weighted by Gasteiger charge is -2.09. The second-order valence-corrected chi connectivity index (χ2v) is 5.12. The average molecular weight is 337 g/mol. The largest absolute Gasteiger partial charge is 0.488 e. The molecule has 2 rings (SSSR count). The maximum atomic E-state index is 8.72. The number of ether oxygens (including phenoxy) is 1. The normalized spacial score (nSPS) is 9.95. The zero-order valence-corrected chi connectivity index (χ0v) is 12.4. The molecule has 19 heavy (non-hydrogen) atoms. The van der Waals surface area contributed by atoms with Gasteiger partial charge in [0.25, 0.3) is 0 Å². The van der Waals surface area contributed by atoms with Gasteiger partial charge in [-0.05, 0) is 51.3 Å².